The molecule has 1 N–H and O–H groups in total. The Hall–Kier alpha value is -3.15. The molecule has 0 aliphatic heterocycles. The van der Waals surface area contributed by atoms with Gasteiger partial charge in [0.1, 0.15) is 5.69 Å². The maximum absolute atomic E-state index is 11.9. The highest BCUT2D eigenvalue weighted by Crippen LogP contribution is 2.18. The first kappa shape index (κ1) is 13.8. The van der Waals surface area contributed by atoms with E-state index in [0.29, 0.717) is 16.2 Å². The SMILES string of the molecule is O=C(NCc1cc(-c2ccccc2)no1)c1cccc[n+]1[O-]. The van der Waals surface area contributed by atoms with Gasteiger partial charge >= 0.3 is 5.91 Å². The Balaban J connectivity index is 1.67. The smallest absolute Gasteiger partial charge is 0.317 e. The molecule has 0 radical (unpaired) electrons. The summed E-state index contributed by atoms with van der Waals surface area (Å²) in [6, 6.07) is 16.0. The second-order valence-corrected chi connectivity index (χ2v) is 4.64. The molecule has 3 aromatic rings. The van der Waals surface area contributed by atoms with Crippen molar-refractivity contribution < 1.29 is 14.0 Å². The van der Waals surface area contributed by atoms with E-state index in [4.69, 9.17) is 4.52 Å². The normalized spacial score (nSPS) is 10.4. The molecular weight excluding hydrogens is 282 g/mol. The van der Waals surface area contributed by atoms with Gasteiger partial charge in [0.25, 0.3) is 5.69 Å². The molecule has 1 aromatic carbocycles. The number of amides is 1. The minimum atomic E-state index is -0.465. The lowest BCUT2D eigenvalue weighted by atomic mass is 10.1. The first-order chi connectivity index (χ1) is 10.7. The van der Waals surface area contributed by atoms with Crippen LogP contribution in [0.25, 0.3) is 11.3 Å². The number of pyridine rings is 1. The summed E-state index contributed by atoms with van der Waals surface area (Å²) < 4.78 is 5.70. The van der Waals surface area contributed by atoms with Crippen LogP contribution in [0.1, 0.15) is 16.2 Å². The van der Waals surface area contributed by atoms with Crippen LogP contribution >= 0.6 is 0 Å². The molecule has 1 amide bonds. The highest BCUT2D eigenvalue weighted by molar-refractivity contribution is 5.90. The number of hydrogen-bond acceptors (Lipinski definition) is 4. The van der Waals surface area contributed by atoms with Crippen molar-refractivity contribution in [2.45, 2.75) is 6.54 Å². The molecule has 0 spiro atoms. The van der Waals surface area contributed by atoms with Crippen molar-refractivity contribution in [2.75, 3.05) is 0 Å². The molecule has 0 saturated heterocycles. The van der Waals surface area contributed by atoms with Crippen molar-refractivity contribution in [1.29, 1.82) is 0 Å². The zero-order valence-electron chi connectivity index (χ0n) is 11.6. The van der Waals surface area contributed by atoms with Crippen molar-refractivity contribution in [3.63, 3.8) is 0 Å². The van der Waals surface area contributed by atoms with Gasteiger partial charge in [0.2, 0.25) is 0 Å². The molecule has 0 aliphatic rings. The Morgan fingerprint density at radius 1 is 1.18 bits per heavy atom. The van der Waals surface area contributed by atoms with Gasteiger partial charge in [0, 0.05) is 23.8 Å². The molecule has 3 rings (SSSR count). The highest BCUT2D eigenvalue weighted by atomic mass is 16.5. The summed E-state index contributed by atoms with van der Waals surface area (Å²) in [5.41, 5.74) is 1.66. The summed E-state index contributed by atoms with van der Waals surface area (Å²) in [4.78, 5) is 11.9. The third-order valence-corrected chi connectivity index (χ3v) is 3.11. The largest absolute Gasteiger partial charge is 0.618 e. The topological polar surface area (TPSA) is 82.1 Å². The lowest BCUT2D eigenvalue weighted by Gasteiger charge is -2.03. The lowest BCUT2D eigenvalue weighted by molar-refractivity contribution is -0.607. The van der Waals surface area contributed by atoms with E-state index in [1.54, 1.807) is 18.2 Å². The van der Waals surface area contributed by atoms with Crippen LogP contribution in [0.3, 0.4) is 0 Å². The monoisotopic (exact) mass is 295 g/mol. The molecular formula is C16H13N3O3. The van der Waals surface area contributed by atoms with E-state index in [0.717, 1.165) is 5.56 Å². The summed E-state index contributed by atoms with van der Waals surface area (Å²) in [6.45, 7) is 0.160. The van der Waals surface area contributed by atoms with E-state index in [1.165, 1.54) is 12.3 Å². The van der Waals surface area contributed by atoms with Gasteiger partial charge in [-0.25, -0.2) is 0 Å². The van der Waals surface area contributed by atoms with Crippen LogP contribution in [0.4, 0.5) is 0 Å². The van der Waals surface area contributed by atoms with Crippen molar-refractivity contribution in [3.05, 3.63) is 77.5 Å². The fourth-order valence-corrected chi connectivity index (χ4v) is 2.00. The average molecular weight is 295 g/mol. The molecule has 2 heterocycles. The van der Waals surface area contributed by atoms with Gasteiger partial charge in [-0.3, -0.25) is 4.79 Å². The lowest BCUT2D eigenvalue weighted by Crippen LogP contribution is -2.38. The molecule has 0 unspecified atom stereocenters. The number of carbonyl (C=O) groups is 1. The Labute approximate surface area is 126 Å². The molecule has 0 aliphatic carbocycles. The van der Waals surface area contributed by atoms with Gasteiger partial charge in [-0.2, -0.15) is 4.73 Å². The standard InChI is InChI=1S/C16H13N3O3/c20-16(15-8-4-5-9-19(15)21)17-11-13-10-14(18-22-13)12-6-2-1-3-7-12/h1-10H,11H2,(H,17,20). The number of benzene rings is 1. The Morgan fingerprint density at radius 2 is 1.95 bits per heavy atom. The maximum atomic E-state index is 11.9. The van der Waals surface area contributed by atoms with Gasteiger partial charge in [-0.15, -0.1) is 0 Å². The fraction of sp³-hybridized carbons (Fsp3) is 0.0625. The third kappa shape index (κ3) is 2.95. The first-order valence-electron chi connectivity index (χ1n) is 6.71. The molecule has 22 heavy (non-hydrogen) atoms. The molecule has 6 nitrogen and oxygen atoms in total. The molecule has 110 valence electrons. The molecule has 0 atom stereocenters. The molecule has 6 heteroatoms. The van der Waals surface area contributed by atoms with Crippen molar-refractivity contribution >= 4 is 5.91 Å². The van der Waals surface area contributed by atoms with Gasteiger partial charge in [-0.05, 0) is 6.07 Å². The van der Waals surface area contributed by atoms with Crippen LogP contribution in [0, 0.1) is 5.21 Å². The van der Waals surface area contributed by atoms with Crippen LogP contribution in [-0.4, -0.2) is 11.1 Å². The number of hydrogen-bond donors (Lipinski definition) is 1. The van der Waals surface area contributed by atoms with E-state index < -0.39 is 5.91 Å². The zero-order chi connectivity index (χ0) is 15.4. The first-order valence-corrected chi connectivity index (χ1v) is 6.71. The van der Waals surface area contributed by atoms with E-state index in [9.17, 15) is 10.0 Å². The van der Waals surface area contributed by atoms with E-state index in [2.05, 4.69) is 10.5 Å². The predicted octanol–water partition coefficient (Wildman–Crippen LogP) is 1.91. The summed E-state index contributed by atoms with van der Waals surface area (Å²) in [6.07, 6.45) is 1.27. The van der Waals surface area contributed by atoms with Gasteiger partial charge in [-0.1, -0.05) is 35.5 Å². The predicted molar refractivity (Wildman–Crippen MR) is 78.5 cm³/mol. The van der Waals surface area contributed by atoms with Crippen LogP contribution in [0.2, 0.25) is 0 Å². The second-order valence-electron chi connectivity index (χ2n) is 4.64. The van der Waals surface area contributed by atoms with Gasteiger partial charge in [0.15, 0.2) is 12.0 Å². The number of rotatable bonds is 4. The summed E-state index contributed by atoms with van der Waals surface area (Å²) in [5.74, 6) is 0.0499. The quantitative estimate of drug-likeness (QED) is 0.588. The van der Waals surface area contributed by atoms with Crippen molar-refractivity contribution in [3.8, 4) is 11.3 Å². The van der Waals surface area contributed by atoms with Crippen LogP contribution in [-0.2, 0) is 6.54 Å². The minimum absolute atomic E-state index is 0.0327. The minimum Gasteiger partial charge on any atom is -0.618 e. The van der Waals surface area contributed by atoms with Crippen molar-refractivity contribution in [1.82, 2.24) is 10.5 Å². The Bertz CT molecular complexity index is 784. The molecule has 2 aromatic heterocycles. The molecule has 0 fully saturated rings. The molecule has 0 bridgehead atoms. The number of carbonyl (C=O) groups excluding carboxylic acids is 1. The second kappa shape index (κ2) is 6.09. The number of nitrogens with zero attached hydrogens (tertiary/aromatic N) is 2. The van der Waals surface area contributed by atoms with Gasteiger partial charge in [0.05, 0.1) is 6.54 Å². The van der Waals surface area contributed by atoms with Crippen LogP contribution in [0.5, 0.6) is 0 Å². The average Bonchev–Trinajstić information content (AvgIpc) is 3.03. The van der Waals surface area contributed by atoms with Crippen LogP contribution in [0.15, 0.2) is 65.3 Å². The summed E-state index contributed by atoms with van der Waals surface area (Å²) >= 11 is 0. The van der Waals surface area contributed by atoms with E-state index in [1.807, 2.05) is 30.3 Å². The van der Waals surface area contributed by atoms with Crippen molar-refractivity contribution in [2.24, 2.45) is 0 Å². The number of nitrogens with one attached hydrogen (secondary N) is 1. The Kier molecular flexibility index (Phi) is 3.82. The zero-order valence-corrected chi connectivity index (χ0v) is 11.6. The third-order valence-electron chi connectivity index (χ3n) is 3.11. The van der Waals surface area contributed by atoms with E-state index in [-0.39, 0.29) is 12.2 Å². The van der Waals surface area contributed by atoms with Crippen LogP contribution < -0.4 is 10.0 Å². The Morgan fingerprint density at radius 3 is 2.73 bits per heavy atom. The summed E-state index contributed by atoms with van der Waals surface area (Å²) in [5, 5.41) is 18.1. The fourth-order valence-electron chi connectivity index (χ4n) is 2.00. The van der Waals surface area contributed by atoms with Gasteiger partial charge < -0.3 is 15.0 Å². The summed E-state index contributed by atoms with van der Waals surface area (Å²) in [7, 11) is 0. The molecule has 0 saturated carbocycles. The number of aromatic nitrogens is 2. The highest BCUT2D eigenvalue weighted by Gasteiger charge is 2.15. The maximum Gasteiger partial charge on any atom is 0.317 e. The van der Waals surface area contributed by atoms with E-state index >= 15 is 0 Å².